The Hall–Kier alpha value is -4.85. The minimum absolute atomic E-state index is 0.134. The zero-order chi connectivity index (χ0) is 29.1. The van der Waals surface area contributed by atoms with Crippen LogP contribution in [-0.2, 0) is 28.9 Å². The van der Waals surface area contributed by atoms with Crippen LogP contribution in [0.5, 0.6) is 5.75 Å². The van der Waals surface area contributed by atoms with Gasteiger partial charge < -0.3 is 14.7 Å². The molecule has 1 aliphatic heterocycles. The summed E-state index contributed by atoms with van der Waals surface area (Å²) in [6, 6.07) is 26.8. The van der Waals surface area contributed by atoms with Gasteiger partial charge in [0.2, 0.25) is 0 Å². The summed E-state index contributed by atoms with van der Waals surface area (Å²) in [5, 5.41) is 11.4. The number of ether oxygens (including phenoxy) is 1. The van der Waals surface area contributed by atoms with Crippen LogP contribution in [0, 0.1) is 6.92 Å². The molecule has 0 aliphatic carbocycles. The summed E-state index contributed by atoms with van der Waals surface area (Å²) in [5.41, 5.74) is 1.77. The molecule has 4 aromatic rings. The number of hydrogen-bond acceptors (Lipinski definition) is 4. The van der Waals surface area contributed by atoms with Gasteiger partial charge >= 0.3 is 6.18 Å². The van der Waals surface area contributed by atoms with Crippen molar-refractivity contribution in [2.24, 2.45) is 0 Å². The van der Waals surface area contributed by atoms with Gasteiger partial charge in [-0.2, -0.15) is 13.2 Å². The van der Waals surface area contributed by atoms with E-state index in [9.17, 15) is 27.9 Å². The molecule has 1 saturated heterocycles. The van der Waals surface area contributed by atoms with Gasteiger partial charge in [-0.25, -0.2) is 0 Å². The Kier molecular flexibility index (Phi) is 7.66. The Morgan fingerprint density at radius 2 is 1.51 bits per heavy atom. The number of benzene rings is 4. The number of ketones is 1. The second-order valence-corrected chi connectivity index (χ2v) is 9.79. The lowest BCUT2D eigenvalue weighted by Gasteiger charge is -2.25. The highest BCUT2D eigenvalue weighted by Crippen LogP contribution is 2.41. The number of aliphatic hydroxyl groups excluding tert-OH is 1. The highest BCUT2D eigenvalue weighted by atomic mass is 19.4. The van der Waals surface area contributed by atoms with Crippen molar-refractivity contribution in [1.29, 1.82) is 0 Å². The standard InChI is InChI=1S/C33H26F3NO4/c1-21-17-25(15-16-27(21)41-20-22-9-4-2-5-10-22)30(38)28-29(24-12-6-3-7-13-24)37(32(40)31(28)39)19-23-11-8-14-26(18-23)33(34,35)36/h2-18,29,38H,19-20H2,1H3/b30-28+. The first-order valence-corrected chi connectivity index (χ1v) is 12.9. The van der Waals surface area contributed by atoms with E-state index in [0.717, 1.165) is 17.7 Å². The van der Waals surface area contributed by atoms with Crippen molar-refractivity contribution < 1.29 is 32.6 Å². The maximum absolute atomic E-state index is 13.3. The number of hydrogen-bond donors (Lipinski definition) is 1. The van der Waals surface area contributed by atoms with Gasteiger partial charge in [0.15, 0.2) is 0 Å². The second-order valence-electron chi connectivity index (χ2n) is 9.79. The zero-order valence-electron chi connectivity index (χ0n) is 22.1. The number of alkyl halides is 3. The molecular formula is C33H26F3NO4. The van der Waals surface area contributed by atoms with E-state index >= 15 is 0 Å². The molecule has 5 rings (SSSR count). The van der Waals surface area contributed by atoms with Crippen LogP contribution >= 0.6 is 0 Å². The van der Waals surface area contributed by atoms with Gasteiger partial charge in [-0.3, -0.25) is 9.59 Å². The van der Waals surface area contributed by atoms with E-state index in [4.69, 9.17) is 4.74 Å². The van der Waals surface area contributed by atoms with Crippen LogP contribution in [0.4, 0.5) is 13.2 Å². The first-order chi connectivity index (χ1) is 19.6. The molecule has 0 radical (unpaired) electrons. The topological polar surface area (TPSA) is 66.8 Å². The number of aryl methyl sites for hydroxylation is 1. The fourth-order valence-corrected chi connectivity index (χ4v) is 4.92. The SMILES string of the molecule is Cc1cc(/C(O)=C2\C(=O)C(=O)N(Cc3cccc(C(F)(F)F)c3)C2c2ccccc2)ccc1OCc1ccccc1. The molecule has 0 aromatic heterocycles. The number of likely N-dealkylation sites (tertiary alicyclic amines) is 1. The molecular weight excluding hydrogens is 531 g/mol. The van der Waals surface area contributed by atoms with Gasteiger partial charge in [0.1, 0.15) is 18.1 Å². The van der Waals surface area contributed by atoms with E-state index in [1.807, 2.05) is 30.3 Å². The normalized spacial score (nSPS) is 16.7. The number of halogens is 3. The zero-order valence-corrected chi connectivity index (χ0v) is 22.1. The number of amides is 1. The third-order valence-corrected chi connectivity index (χ3v) is 6.95. The van der Waals surface area contributed by atoms with Gasteiger partial charge in [0.25, 0.3) is 11.7 Å². The monoisotopic (exact) mass is 557 g/mol. The molecule has 0 bridgehead atoms. The van der Waals surface area contributed by atoms with E-state index < -0.39 is 29.5 Å². The van der Waals surface area contributed by atoms with Crippen molar-refractivity contribution in [2.45, 2.75) is 32.3 Å². The molecule has 1 amide bonds. The molecule has 0 spiro atoms. The average molecular weight is 558 g/mol. The van der Waals surface area contributed by atoms with Crippen LogP contribution in [0.2, 0.25) is 0 Å². The van der Waals surface area contributed by atoms with Gasteiger partial charge in [-0.1, -0.05) is 72.8 Å². The molecule has 1 N–H and O–H groups in total. The number of nitrogens with zero attached hydrogens (tertiary/aromatic N) is 1. The van der Waals surface area contributed by atoms with Crippen LogP contribution in [0.1, 0.15) is 39.4 Å². The maximum Gasteiger partial charge on any atom is 0.416 e. The summed E-state index contributed by atoms with van der Waals surface area (Å²) in [4.78, 5) is 27.8. The summed E-state index contributed by atoms with van der Waals surface area (Å²) < 4.78 is 45.9. The fourth-order valence-electron chi connectivity index (χ4n) is 4.92. The Balaban J connectivity index is 1.50. The molecule has 1 aliphatic rings. The van der Waals surface area contributed by atoms with Crippen LogP contribution < -0.4 is 4.74 Å². The maximum atomic E-state index is 13.3. The highest BCUT2D eigenvalue weighted by Gasteiger charge is 2.46. The van der Waals surface area contributed by atoms with Crippen LogP contribution in [0.3, 0.4) is 0 Å². The van der Waals surface area contributed by atoms with E-state index in [1.165, 1.54) is 17.0 Å². The summed E-state index contributed by atoms with van der Waals surface area (Å²) in [6.07, 6.45) is -4.56. The van der Waals surface area contributed by atoms with E-state index in [2.05, 4.69) is 0 Å². The molecule has 41 heavy (non-hydrogen) atoms. The lowest BCUT2D eigenvalue weighted by molar-refractivity contribution is -0.140. The van der Waals surface area contributed by atoms with Crippen molar-refractivity contribution in [3.63, 3.8) is 0 Å². The molecule has 1 heterocycles. The minimum Gasteiger partial charge on any atom is -0.507 e. The number of aliphatic hydroxyl groups is 1. The molecule has 4 aromatic carbocycles. The van der Waals surface area contributed by atoms with Crippen molar-refractivity contribution in [3.05, 3.63) is 142 Å². The largest absolute Gasteiger partial charge is 0.507 e. The molecule has 1 unspecified atom stereocenters. The van der Waals surface area contributed by atoms with Gasteiger partial charge in [-0.15, -0.1) is 0 Å². The Bertz CT molecular complexity index is 1610. The Morgan fingerprint density at radius 3 is 2.17 bits per heavy atom. The van der Waals surface area contributed by atoms with Gasteiger partial charge in [0, 0.05) is 12.1 Å². The fraction of sp³-hybridized carbons (Fsp3) is 0.152. The third-order valence-electron chi connectivity index (χ3n) is 6.95. The summed E-state index contributed by atoms with van der Waals surface area (Å²) >= 11 is 0. The second kappa shape index (κ2) is 11.3. The molecule has 0 saturated carbocycles. The van der Waals surface area contributed by atoms with E-state index in [1.54, 1.807) is 55.5 Å². The average Bonchev–Trinajstić information content (AvgIpc) is 3.21. The number of carbonyl (C=O) groups excluding carboxylic acids is 2. The Labute approximate surface area is 235 Å². The quantitative estimate of drug-likeness (QED) is 0.148. The predicted molar refractivity (Wildman–Crippen MR) is 148 cm³/mol. The number of rotatable bonds is 7. The van der Waals surface area contributed by atoms with Crippen molar-refractivity contribution in [1.82, 2.24) is 4.90 Å². The summed E-state index contributed by atoms with van der Waals surface area (Å²) in [6.45, 7) is 1.90. The van der Waals surface area contributed by atoms with Crippen LogP contribution in [-0.4, -0.2) is 21.7 Å². The van der Waals surface area contributed by atoms with Crippen molar-refractivity contribution in [3.8, 4) is 5.75 Å². The van der Waals surface area contributed by atoms with Crippen LogP contribution in [0.25, 0.3) is 5.76 Å². The minimum atomic E-state index is -4.56. The summed E-state index contributed by atoms with van der Waals surface area (Å²) in [5.74, 6) is -1.60. The number of Topliss-reactive ketones (excluding diaryl/α,β-unsaturated/α-hetero) is 1. The van der Waals surface area contributed by atoms with E-state index in [0.29, 0.717) is 29.0 Å². The number of carbonyl (C=O) groups is 2. The van der Waals surface area contributed by atoms with Crippen molar-refractivity contribution in [2.75, 3.05) is 0 Å². The molecule has 1 fully saturated rings. The van der Waals surface area contributed by atoms with Crippen molar-refractivity contribution >= 4 is 17.4 Å². The van der Waals surface area contributed by atoms with Gasteiger partial charge in [0.05, 0.1) is 17.2 Å². The van der Waals surface area contributed by atoms with E-state index in [-0.39, 0.29) is 23.4 Å². The molecule has 208 valence electrons. The smallest absolute Gasteiger partial charge is 0.416 e. The molecule has 5 nitrogen and oxygen atoms in total. The third kappa shape index (κ3) is 5.87. The lowest BCUT2D eigenvalue weighted by atomic mass is 9.94. The Morgan fingerprint density at radius 1 is 0.854 bits per heavy atom. The lowest BCUT2D eigenvalue weighted by Crippen LogP contribution is -2.29. The first kappa shape index (κ1) is 27.7. The first-order valence-electron chi connectivity index (χ1n) is 12.9. The summed E-state index contributed by atoms with van der Waals surface area (Å²) in [7, 11) is 0. The van der Waals surface area contributed by atoms with Gasteiger partial charge in [-0.05, 0) is 59.5 Å². The predicted octanol–water partition coefficient (Wildman–Crippen LogP) is 7.21. The highest BCUT2D eigenvalue weighted by molar-refractivity contribution is 6.46. The molecule has 1 atom stereocenters. The molecule has 8 heteroatoms. The van der Waals surface area contributed by atoms with Crippen LogP contribution in [0.15, 0.2) is 109 Å².